The average molecular weight is 234 g/mol. The zero-order valence-corrected chi connectivity index (χ0v) is 9.51. The Morgan fingerprint density at radius 3 is 2.67 bits per heavy atom. The molecule has 0 heterocycles. The van der Waals surface area contributed by atoms with Crippen molar-refractivity contribution in [2.75, 3.05) is 0 Å². The molecular weight excluding hydrogens is 217 g/mol. The van der Waals surface area contributed by atoms with Crippen molar-refractivity contribution >= 4 is 12.4 Å². The number of aliphatic hydroxyl groups excluding tert-OH is 1. The van der Waals surface area contributed by atoms with E-state index in [1.165, 1.54) is 12.1 Å². The summed E-state index contributed by atoms with van der Waals surface area (Å²) in [6, 6.07) is 5.56. The number of hydrogen-bond donors (Lipinski definition) is 2. The Kier molecular flexibility index (Phi) is 6.48. The first-order valence-corrected chi connectivity index (χ1v) is 4.84. The number of benzene rings is 1. The molecule has 4 heteroatoms. The summed E-state index contributed by atoms with van der Waals surface area (Å²) in [6.45, 7) is 1.97. The number of nitrogens with two attached hydrogens (primary N) is 1. The van der Waals surface area contributed by atoms with Crippen LogP contribution in [0.25, 0.3) is 0 Å². The van der Waals surface area contributed by atoms with Gasteiger partial charge in [0.25, 0.3) is 0 Å². The lowest BCUT2D eigenvalue weighted by atomic mass is 9.99. The monoisotopic (exact) mass is 233 g/mol. The van der Waals surface area contributed by atoms with Crippen LogP contribution in [0.4, 0.5) is 4.39 Å². The van der Waals surface area contributed by atoms with Gasteiger partial charge >= 0.3 is 0 Å². The third-order valence-electron chi connectivity index (χ3n) is 2.23. The normalized spacial score (nSPS) is 14.1. The number of halogens is 2. The van der Waals surface area contributed by atoms with E-state index in [2.05, 4.69) is 0 Å². The van der Waals surface area contributed by atoms with E-state index >= 15 is 0 Å². The molecule has 0 saturated heterocycles. The zero-order valence-electron chi connectivity index (χ0n) is 8.69. The molecular formula is C11H17ClFNO. The fraction of sp³-hybridized carbons (Fsp3) is 0.455. The predicted octanol–water partition coefficient (Wildman–Crippen LogP) is 2.41. The summed E-state index contributed by atoms with van der Waals surface area (Å²) in [4.78, 5) is 0. The molecule has 86 valence electrons. The molecule has 0 bridgehead atoms. The fourth-order valence-corrected chi connectivity index (χ4v) is 1.41. The van der Waals surface area contributed by atoms with Crippen LogP contribution < -0.4 is 5.73 Å². The lowest BCUT2D eigenvalue weighted by Crippen LogP contribution is -2.25. The summed E-state index contributed by atoms with van der Waals surface area (Å²) in [5, 5.41) is 9.61. The molecule has 1 aromatic carbocycles. The minimum atomic E-state index is -0.596. The number of rotatable bonds is 4. The third-order valence-corrected chi connectivity index (χ3v) is 2.23. The Balaban J connectivity index is 0.00000196. The van der Waals surface area contributed by atoms with Gasteiger partial charge in [-0.05, 0) is 24.1 Å². The van der Waals surface area contributed by atoms with Crippen molar-refractivity contribution in [1.82, 2.24) is 0 Å². The van der Waals surface area contributed by atoms with E-state index in [0.717, 1.165) is 6.42 Å². The van der Waals surface area contributed by atoms with Crippen molar-refractivity contribution < 1.29 is 9.50 Å². The molecule has 0 fully saturated rings. The van der Waals surface area contributed by atoms with Gasteiger partial charge in [-0.25, -0.2) is 4.39 Å². The van der Waals surface area contributed by atoms with E-state index < -0.39 is 12.1 Å². The van der Waals surface area contributed by atoms with Crippen molar-refractivity contribution in [2.24, 2.45) is 5.73 Å². The Morgan fingerprint density at radius 2 is 2.13 bits per heavy atom. The first-order chi connectivity index (χ1) is 6.65. The SMILES string of the molecule is CCC[C@H](O)[C@H](N)c1cccc(F)c1.Cl. The van der Waals surface area contributed by atoms with E-state index in [1.54, 1.807) is 12.1 Å². The Labute approximate surface area is 95.7 Å². The predicted molar refractivity (Wildman–Crippen MR) is 61.5 cm³/mol. The lowest BCUT2D eigenvalue weighted by molar-refractivity contribution is 0.134. The number of hydrogen-bond acceptors (Lipinski definition) is 2. The van der Waals surface area contributed by atoms with Gasteiger partial charge in [0.05, 0.1) is 12.1 Å². The van der Waals surface area contributed by atoms with Crippen LogP contribution in [-0.4, -0.2) is 11.2 Å². The van der Waals surface area contributed by atoms with Gasteiger partial charge in [-0.1, -0.05) is 25.5 Å². The fourth-order valence-electron chi connectivity index (χ4n) is 1.41. The molecule has 0 saturated carbocycles. The van der Waals surface area contributed by atoms with Gasteiger partial charge < -0.3 is 10.8 Å². The maximum Gasteiger partial charge on any atom is 0.123 e. The van der Waals surface area contributed by atoms with Crippen LogP contribution in [0.15, 0.2) is 24.3 Å². The highest BCUT2D eigenvalue weighted by Crippen LogP contribution is 2.17. The number of aliphatic hydroxyl groups is 1. The Morgan fingerprint density at radius 1 is 1.47 bits per heavy atom. The highest BCUT2D eigenvalue weighted by molar-refractivity contribution is 5.85. The van der Waals surface area contributed by atoms with Crippen molar-refractivity contribution in [1.29, 1.82) is 0 Å². The van der Waals surface area contributed by atoms with E-state index in [-0.39, 0.29) is 18.2 Å². The van der Waals surface area contributed by atoms with Crippen molar-refractivity contribution in [3.63, 3.8) is 0 Å². The van der Waals surface area contributed by atoms with Gasteiger partial charge in [-0.3, -0.25) is 0 Å². The first-order valence-electron chi connectivity index (χ1n) is 4.84. The van der Waals surface area contributed by atoms with Crippen LogP contribution in [0.5, 0.6) is 0 Å². The smallest absolute Gasteiger partial charge is 0.123 e. The van der Waals surface area contributed by atoms with Gasteiger partial charge in [0.2, 0.25) is 0 Å². The second-order valence-electron chi connectivity index (χ2n) is 3.44. The molecule has 3 N–H and O–H groups in total. The minimum Gasteiger partial charge on any atom is -0.391 e. The molecule has 0 spiro atoms. The summed E-state index contributed by atoms with van der Waals surface area (Å²) in [5.41, 5.74) is 6.42. The molecule has 2 atom stereocenters. The van der Waals surface area contributed by atoms with Crippen LogP contribution in [0.2, 0.25) is 0 Å². The Hall–Kier alpha value is -0.640. The summed E-state index contributed by atoms with van der Waals surface area (Å²) >= 11 is 0. The second kappa shape index (κ2) is 6.77. The van der Waals surface area contributed by atoms with E-state index in [1.807, 2.05) is 6.92 Å². The molecule has 1 aromatic rings. The topological polar surface area (TPSA) is 46.2 Å². The lowest BCUT2D eigenvalue weighted by Gasteiger charge is -2.18. The standard InChI is InChI=1S/C11H16FNO.ClH/c1-2-4-10(14)11(13)8-5-3-6-9(12)7-8;/h3,5-7,10-11,14H,2,4,13H2,1H3;1H/t10-,11+;/m0./s1. The summed E-state index contributed by atoms with van der Waals surface area (Å²) < 4.78 is 12.8. The molecule has 0 aliphatic carbocycles. The molecule has 0 radical (unpaired) electrons. The molecule has 0 unspecified atom stereocenters. The van der Waals surface area contributed by atoms with E-state index in [4.69, 9.17) is 5.73 Å². The molecule has 0 aliphatic heterocycles. The average Bonchev–Trinajstić information content (AvgIpc) is 2.17. The van der Waals surface area contributed by atoms with Crippen LogP contribution >= 0.6 is 12.4 Å². The molecule has 2 nitrogen and oxygen atoms in total. The van der Waals surface area contributed by atoms with Gasteiger partial charge in [-0.15, -0.1) is 12.4 Å². The maximum atomic E-state index is 12.8. The van der Waals surface area contributed by atoms with Crippen molar-refractivity contribution in [3.05, 3.63) is 35.6 Å². The minimum absolute atomic E-state index is 0. The van der Waals surface area contributed by atoms with Crippen LogP contribution in [0, 0.1) is 5.82 Å². The van der Waals surface area contributed by atoms with Gasteiger partial charge in [0.1, 0.15) is 5.82 Å². The molecule has 15 heavy (non-hydrogen) atoms. The zero-order chi connectivity index (χ0) is 10.6. The largest absolute Gasteiger partial charge is 0.391 e. The molecule has 1 rings (SSSR count). The quantitative estimate of drug-likeness (QED) is 0.839. The van der Waals surface area contributed by atoms with Crippen molar-refractivity contribution in [3.8, 4) is 0 Å². The van der Waals surface area contributed by atoms with Gasteiger partial charge in [0.15, 0.2) is 0 Å². The van der Waals surface area contributed by atoms with Gasteiger partial charge in [-0.2, -0.15) is 0 Å². The maximum absolute atomic E-state index is 12.8. The third kappa shape index (κ3) is 4.16. The highest BCUT2D eigenvalue weighted by atomic mass is 35.5. The molecule has 0 aliphatic rings. The highest BCUT2D eigenvalue weighted by Gasteiger charge is 2.15. The van der Waals surface area contributed by atoms with Crippen molar-refractivity contribution in [2.45, 2.75) is 31.9 Å². The summed E-state index contributed by atoms with van der Waals surface area (Å²) in [7, 11) is 0. The van der Waals surface area contributed by atoms with Crippen LogP contribution in [-0.2, 0) is 0 Å². The first kappa shape index (κ1) is 14.4. The van der Waals surface area contributed by atoms with Gasteiger partial charge in [0, 0.05) is 0 Å². The molecule has 0 amide bonds. The summed E-state index contributed by atoms with van der Waals surface area (Å²) in [5.74, 6) is -0.318. The Bertz CT molecular complexity index is 296. The van der Waals surface area contributed by atoms with Crippen LogP contribution in [0.1, 0.15) is 31.4 Å². The second-order valence-corrected chi connectivity index (χ2v) is 3.44. The summed E-state index contributed by atoms with van der Waals surface area (Å²) in [6.07, 6.45) is 0.906. The van der Waals surface area contributed by atoms with Crippen LogP contribution in [0.3, 0.4) is 0 Å². The molecule has 0 aromatic heterocycles. The van der Waals surface area contributed by atoms with E-state index in [0.29, 0.717) is 12.0 Å². The van der Waals surface area contributed by atoms with E-state index in [9.17, 15) is 9.50 Å².